The van der Waals surface area contributed by atoms with Gasteiger partial charge in [0.15, 0.2) is 0 Å². The summed E-state index contributed by atoms with van der Waals surface area (Å²) in [6.45, 7) is 7.95. The van der Waals surface area contributed by atoms with E-state index in [2.05, 4.69) is 18.7 Å². The number of hydrogen-bond acceptors (Lipinski definition) is 3. The molecule has 0 aromatic carbocycles. The zero-order chi connectivity index (χ0) is 11.1. The van der Waals surface area contributed by atoms with Crippen molar-refractivity contribution in [3.63, 3.8) is 0 Å². The maximum atomic E-state index is 9.74. The van der Waals surface area contributed by atoms with Gasteiger partial charge in [-0.05, 0) is 25.8 Å². The van der Waals surface area contributed by atoms with E-state index in [0.717, 1.165) is 39.1 Å². The Morgan fingerprint density at radius 1 is 1.47 bits per heavy atom. The fourth-order valence-electron chi connectivity index (χ4n) is 2.13. The summed E-state index contributed by atoms with van der Waals surface area (Å²) in [6.07, 6.45) is 4.57. The van der Waals surface area contributed by atoms with Crippen molar-refractivity contribution in [1.82, 2.24) is 4.90 Å². The second kappa shape index (κ2) is 7.20. The minimum atomic E-state index is -0.170. The Balaban J connectivity index is 2.21. The minimum Gasteiger partial charge on any atom is -0.392 e. The van der Waals surface area contributed by atoms with Crippen LogP contribution in [0.3, 0.4) is 0 Å². The molecule has 2 unspecified atom stereocenters. The van der Waals surface area contributed by atoms with Crippen molar-refractivity contribution < 1.29 is 9.84 Å². The maximum Gasteiger partial charge on any atom is 0.0702 e. The van der Waals surface area contributed by atoms with Crippen LogP contribution < -0.4 is 0 Å². The first-order valence-electron chi connectivity index (χ1n) is 6.28. The van der Waals surface area contributed by atoms with Crippen molar-refractivity contribution in [3.05, 3.63) is 0 Å². The molecule has 0 spiro atoms. The lowest BCUT2D eigenvalue weighted by molar-refractivity contribution is 0.0496. The highest BCUT2D eigenvalue weighted by Crippen LogP contribution is 2.13. The van der Waals surface area contributed by atoms with Crippen LogP contribution in [0.5, 0.6) is 0 Å². The van der Waals surface area contributed by atoms with Gasteiger partial charge in [0.1, 0.15) is 0 Å². The first-order valence-corrected chi connectivity index (χ1v) is 6.28. The molecule has 15 heavy (non-hydrogen) atoms. The first-order chi connectivity index (χ1) is 7.26. The van der Waals surface area contributed by atoms with Gasteiger partial charge in [0.25, 0.3) is 0 Å². The van der Waals surface area contributed by atoms with Crippen molar-refractivity contribution in [2.75, 3.05) is 26.2 Å². The van der Waals surface area contributed by atoms with Crippen molar-refractivity contribution in [2.24, 2.45) is 0 Å². The molecule has 2 atom stereocenters. The van der Waals surface area contributed by atoms with Gasteiger partial charge in [-0.3, -0.25) is 4.90 Å². The van der Waals surface area contributed by atoms with Crippen molar-refractivity contribution in [1.29, 1.82) is 0 Å². The Morgan fingerprint density at radius 2 is 2.27 bits per heavy atom. The molecule has 0 saturated carbocycles. The summed E-state index contributed by atoms with van der Waals surface area (Å²) in [7, 11) is 0. The van der Waals surface area contributed by atoms with E-state index < -0.39 is 0 Å². The molecule has 1 fully saturated rings. The molecule has 1 N–H and O–H groups in total. The molecule has 0 aromatic rings. The number of nitrogens with zero attached hydrogens (tertiary/aromatic N) is 1. The van der Waals surface area contributed by atoms with E-state index in [-0.39, 0.29) is 6.10 Å². The SMILES string of the molecule is CCCC(O)CN(CC)CC1CCCO1. The third-order valence-corrected chi connectivity index (χ3v) is 3.02. The molecule has 0 aliphatic carbocycles. The van der Waals surface area contributed by atoms with Gasteiger partial charge in [-0.2, -0.15) is 0 Å². The lowest BCUT2D eigenvalue weighted by atomic mass is 10.2. The van der Waals surface area contributed by atoms with E-state index in [1.807, 2.05) is 0 Å². The normalized spacial score (nSPS) is 23.6. The van der Waals surface area contributed by atoms with Gasteiger partial charge in [-0.1, -0.05) is 20.3 Å². The monoisotopic (exact) mass is 215 g/mol. The maximum absolute atomic E-state index is 9.74. The second-order valence-corrected chi connectivity index (χ2v) is 4.43. The minimum absolute atomic E-state index is 0.170. The fraction of sp³-hybridized carbons (Fsp3) is 1.00. The largest absolute Gasteiger partial charge is 0.392 e. The molecular weight excluding hydrogens is 190 g/mol. The lowest BCUT2D eigenvalue weighted by Gasteiger charge is -2.25. The third-order valence-electron chi connectivity index (χ3n) is 3.02. The quantitative estimate of drug-likeness (QED) is 0.701. The summed E-state index contributed by atoms with van der Waals surface area (Å²) in [4.78, 5) is 2.30. The zero-order valence-corrected chi connectivity index (χ0v) is 10.1. The molecule has 1 aliphatic heterocycles. The average Bonchev–Trinajstić information content (AvgIpc) is 2.70. The Morgan fingerprint density at radius 3 is 2.80 bits per heavy atom. The van der Waals surface area contributed by atoms with Crippen LogP contribution in [0.15, 0.2) is 0 Å². The first kappa shape index (κ1) is 12.9. The van der Waals surface area contributed by atoms with Gasteiger partial charge < -0.3 is 9.84 Å². The van der Waals surface area contributed by atoms with Gasteiger partial charge in [0, 0.05) is 19.7 Å². The van der Waals surface area contributed by atoms with E-state index in [1.54, 1.807) is 0 Å². The van der Waals surface area contributed by atoms with Crippen LogP contribution in [0.2, 0.25) is 0 Å². The molecular formula is C12H25NO2. The Bertz CT molecular complexity index is 158. The van der Waals surface area contributed by atoms with Gasteiger partial charge in [0.05, 0.1) is 12.2 Å². The highest BCUT2D eigenvalue weighted by atomic mass is 16.5. The number of likely N-dealkylation sites (N-methyl/N-ethyl adjacent to an activating group) is 1. The van der Waals surface area contributed by atoms with Crippen molar-refractivity contribution in [3.8, 4) is 0 Å². The summed E-state index contributed by atoms with van der Waals surface area (Å²) < 4.78 is 5.60. The summed E-state index contributed by atoms with van der Waals surface area (Å²) in [5.41, 5.74) is 0. The molecule has 1 aliphatic rings. The summed E-state index contributed by atoms with van der Waals surface area (Å²) in [5, 5.41) is 9.74. The van der Waals surface area contributed by atoms with Crippen molar-refractivity contribution in [2.45, 2.75) is 51.7 Å². The van der Waals surface area contributed by atoms with E-state index in [9.17, 15) is 5.11 Å². The standard InChI is InChI=1S/C12H25NO2/c1-3-6-11(14)9-13(4-2)10-12-7-5-8-15-12/h11-12,14H,3-10H2,1-2H3. The predicted molar refractivity (Wildman–Crippen MR) is 62.0 cm³/mol. The van der Waals surface area contributed by atoms with E-state index in [0.29, 0.717) is 6.10 Å². The molecule has 0 aromatic heterocycles. The number of hydrogen-bond donors (Lipinski definition) is 1. The van der Waals surface area contributed by atoms with E-state index >= 15 is 0 Å². The lowest BCUT2D eigenvalue weighted by Crippen LogP contribution is -2.37. The smallest absolute Gasteiger partial charge is 0.0702 e. The second-order valence-electron chi connectivity index (χ2n) is 4.43. The number of aliphatic hydroxyl groups is 1. The van der Waals surface area contributed by atoms with Crippen LogP contribution in [-0.2, 0) is 4.74 Å². The summed E-state index contributed by atoms with van der Waals surface area (Å²) >= 11 is 0. The van der Waals surface area contributed by atoms with Crippen LogP contribution in [0.25, 0.3) is 0 Å². The molecule has 3 nitrogen and oxygen atoms in total. The van der Waals surface area contributed by atoms with E-state index in [1.165, 1.54) is 12.8 Å². The molecule has 1 heterocycles. The third kappa shape index (κ3) is 4.96. The highest BCUT2D eigenvalue weighted by Gasteiger charge is 2.19. The number of ether oxygens (including phenoxy) is 1. The zero-order valence-electron chi connectivity index (χ0n) is 10.1. The molecule has 3 heteroatoms. The topological polar surface area (TPSA) is 32.7 Å². The van der Waals surface area contributed by atoms with Gasteiger partial charge in [0.2, 0.25) is 0 Å². The van der Waals surface area contributed by atoms with Gasteiger partial charge in [-0.15, -0.1) is 0 Å². The molecule has 1 saturated heterocycles. The Kier molecular flexibility index (Phi) is 6.22. The van der Waals surface area contributed by atoms with Gasteiger partial charge in [-0.25, -0.2) is 0 Å². The van der Waals surface area contributed by atoms with Crippen LogP contribution in [-0.4, -0.2) is 48.5 Å². The molecule has 1 rings (SSSR count). The molecule has 0 amide bonds. The molecule has 90 valence electrons. The Hall–Kier alpha value is -0.120. The fourth-order valence-corrected chi connectivity index (χ4v) is 2.13. The molecule has 0 bridgehead atoms. The summed E-state index contributed by atoms with van der Waals surface area (Å²) in [6, 6.07) is 0. The highest BCUT2D eigenvalue weighted by molar-refractivity contribution is 4.72. The Labute approximate surface area is 93.4 Å². The summed E-state index contributed by atoms with van der Waals surface area (Å²) in [5.74, 6) is 0. The van der Waals surface area contributed by atoms with Crippen molar-refractivity contribution >= 4 is 0 Å². The number of aliphatic hydroxyl groups excluding tert-OH is 1. The van der Waals surface area contributed by atoms with Crippen LogP contribution in [0, 0.1) is 0 Å². The number of rotatable bonds is 7. The van der Waals surface area contributed by atoms with Crippen LogP contribution in [0.4, 0.5) is 0 Å². The van der Waals surface area contributed by atoms with E-state index in [4.69, 9.17) is 4.74 Å². The molecule has 0 radical (unpaired) electrons. The van der Waals surface area contributed by atoms with Crippen LogP contribution >= 0.6 is 0 Å². The predicted octanol–water partition coefficient (Wildman–Crippen LogP) is 1.65. The van der Waals surface area contributed by atoms with Crippen LogP contribution in [0.1, 0.15) is 39.5 Å². The van der Waals surface area contributed by atoms with Gasteiger partial charge >= 0.3 is 0 Å². The average molecular weight is 215 g/mol.